The zero-order valence-corrected chi connectivity index (χ0v) is 14.1. The zero-order chi connectivity index (χ0) is 17.1. The quantitative estimate of drug-likeness (QED) is 0.876. The molecule has 0 aliphatic heterocycles. The van der Waals surface area contributed by atoms with E-state index in [0.717, 1.165) is 17.0 Å². The lowest BCUT2D eigenvalue weighted by Gasteiger charge is -2.07. The van der Waals surface area contributed by atoms with E-state index in [-0.39, 0.29) is 17.9 Å². The number of rotatable bonds is 5. The second-order valence-corrected chi connectivity index (χ2v) is 6.52. The highest BCUT2D eigenvalue weighted by molar-refractivity contribution is 6.30. The highest BCUT2D eigenvalue weighted by atomic mass is 35.5. The van der Waals surface area contributed by atoms with Crippen molar-refractivity contribution in [3.05, 3.63) is 70.2 Å². The monoisotopic (exact) mass is 342 g/mol. The summed E-state index contributed by atoms with van der Waals surface area (Å²) in [7, 11) is 0. The van der Waals surface area contributed by atoms with Gasteiger partial charge in [0.1, 0.15) is 0 Å². The fraction of sp³-hybridized carbons (Fsp3) is 0.263. The van der Waals surface area contributed by atoms with E-state index in [2.05, 4.69) is 10.6 Å². The summed E-state index contributed by atoms with van der Waals surface area (Å²) in [5.41, 5.74) is 2.75. The molecule has 2 atom stereocenters. The molecule has 2 amide bonds. The van der Waals surface area contributed by atoms with Gasteiger partial charge in [-0.05, 0) is 41.8 Å². The van der Waals surface area contributed by atoms with Gasteiger partial charge in [-0.2, -0.15) is 0 Å². The Morgan fingerprint density at radius 2 is 1.92 bits per heavy atom. The van der Waals surface area contributed by atoms with Crippen LogP contribution in [-0.4, -0.2) is 17.9 Å². The first kappa shape index (κ1) is 16.5. The molecule has 24 heavy (non-hydrogen) atoms. The second kappa shape index (κ2) is 7.05. The summed E-state index contributed by atoms with van der Waals surface area (Å²) >= 11 is 6.01. The Bertz CT molecular complexity index is 758. The number of amides is 2. The molecule has 0 heterocycles. The number of hydrogen-bond acceptors (Lipinski definition) is 2. The average molecular weight is 343 g/mol. The van der Waals surface area contributed by atoms with Crippen LogP contribution >= 0.6 is 11.6 Å². The third kappa shape index (κ3) is 4.15. The van der Waals surface area contributed by atoms with Gasteiger partial charge >= 0.3 is 0 Å². The molecule has 4 nitrogen and oxygen atoms in total. The molecule has 1 fully saturated rings. The molecule has 1 aliphatic rings. The first-order chi connectivity index (χ1) is 11.5. The van der Waals surface area contributed by atoms with E-state index >= 15 is 0 Å². The van der Waals surface area contributed by atoms with Crippen LogP contribution in [0.15, 0.2) is 48.5 Å². The van der Waals surface area contributed by atoms with Crippen LogP contribution in [0, 0.1) is 0 Å². The Hall–Kier alpha value is -2.33. The van der Waals surface area contributed by atoms with Crippen molar-refractivity contribution < 1.29 is 9.59 Å². The van der Waals surface area contributed by atoms with E-state index in [0.29, 0.717) is 18.0 Å². The van der Waals surface area contributed by atoms with Gasteiger partial charge in [0.15, 0.2) is 0 Å². The van der Waals surface area contributed by atoms with Crippen molar-refractivity contribution in [2.45, 2.75) is 31.8 Å². The SMILES string of the molecule is CC(=O)NCc1ccc(C(=O)N[C@@H]2C[C@H]2c2cccc(Cl)c2)cc1. The maximum Gasteiger partial charge on any atom is 0.251 e. The lowest BCUT2D eigenvalue weighted by atomic mass is 10.1. The fourth-order valence-electron chi connectivity index (χ4n) is 2.71. The minimum absolute atomic E-state index is 0.0717. The zero-order valence-electron chi connectivity index (χ0n) is 13.4. The predicted octanol–water partition coefficient (Wildman–Crippen LogP) is 3.26. The third-order valence-corrected chi connectivity index (χ3v) is 4.38. The van der Waals surface area contributed by atoms with Crippen molar-refractivity contribution in [3.63, 3.8) is 0 Å². The molecular formula is C19H19ClN2O2. The highest BCUT2D eigenvalue weighted by Gasteiger charge is 2.39. The van der Waals surface area contributed by atoms with Gasteiger partial charge < -0.3 is 10.6 Å². The molecule has 0 saturated heterocycles. The number of benzene rings is 2. The highest BCUT2D eigenvalue weighted by Crippen LogP contribution is 2.41. The van der Waals surface area contributed by atoms with Crippen molar-refractivity contribution in [1.29, 1.82) is 0 Å². The Labute approximate surface area is 146 Å². The van der Waals surface area contributed by atoms with Crippen molar-refractivity contribution in [2.24, 2.45) is 0 Å². The van der Waals surface area contributed by atoms with Gasteiger partial charge in [0.25, 0.3) is 5.91 Å². The maximum absolute atomic E-state index is 12.3. The summed E-state index contributed by atoms with van der Waals surface area (Å²) in [4.78, 5) is 23.2. The van der Waals surface area contributed by atoms with Gasteiger partial charge in [0.2, 0.25) is 5.91 Å². The summed E-state index contributed by atoms with van der Waals surface area (Å²) in [6.45, 7) is 1.95. The van der Waals surface area contributed by atoms with Gasteiger partial charge in [-0.25, -0.2) is 0 Å². The molecule has 124 valence electrons. The number of carbonyl (C=O) groups excluding carboxylic acids is 2. The molecule has 0 aromatic heterocycles. The summed E-state index contributed by atoms with van der Waals surface area (Å²) in [5.74, 6) is 0.194. The Balaban J connectivity index is 1.55. The van der Waals surface area contributed by atoms with E-state index in [1.54, 1.807) is 12.1 Å². The second-order valence-electron chi connectivity index (χ2n) is 6.08. The van der Waals surface area contributed by atoms with E-state index in [1.807, 2.05) is 36.4 Å². The van der Waals surface area contributed by atoms with E-state index in [9.17, 15) is 9.59 Å². The van der Waals surface area contributed by atoms with Crippen LogP contribution in [0.1, 0.15) is 40.7 Å². The Morgan fingerprint density at radius 1 is 1.17 bits per heavy atom. The predicted molar refractivity (Wildman–Crippen MR) is 94.0 cm³/mol. The maximum atomic E-state index is 12.3. The minimum Gasteiger partial charge on any atom is -0.352 e. The van der Waals surface area contributed by atoms with Crippen LogP contribution in [0.3, 0.4) is 0 Å². The van der Waals surface area contributed by atoms with Gasteiger partial charge in [0.05, 0.1) is 0 Å². The Morgan fingerprint density at radius 3 is 2.58 bits per heavy atom. The minimum atomic E-state index is -0.0735. The van der Waals surface area contributed by atoms with Crippen LogP contribution in [0.5, 0.6) is 0 Å². The summed E-state index contributed by atoms with van der Waals surface area (Å²) in [5, 5.41) is 6.51. The standard InChI is InChI=1S/C19H19ClN2O2/c1-12(23)21-11-13-5-7-14(8-6-13)19(24)22-18-10-17(18)15-3-2-4-16(20)9-15/h2-9,17-18H,10-11H2,1H3,(H,21,23)(H,22,24)/t17-,18+/m0/s1. The van der Waals surface area contributed by atoms with Crippen LogP contribution in [0.25, 0.3) is 0 Å². The number of halogens is 1. The van der Waals surface area contributed by atoms with Gasteiger partial charge in [0, 0.05) is 36.0 Å². The van der Waals surface area contributed by atoms with Crippen LogP contribution in [0.2, 0.25) is 5.02 Å². The van der Waals surface area contributed by atoms with Crippen molar-refractivity contribution in [3.8, 4) is 0 Å². The molecule has 1 aliphatic carbocycles. The molecule has 5 heteroatoms. The first-order valence-corrected chi connectivity index (χ1v) is 8.30. The van der Waals surface area contributed by atoms with E-state index in [4.69, 9.17) is 11.6 Å². The topological polar surface area (TPSA) is 58.2 Å². The fourth-order valence-corrected chi connectivity index (χ4v) is 2.91. The molecular weight excluding hydrogens is 324 g/mol. The van der Waals surface area contributed by atoms with E-state index in [1.165, 1.54) is 12.5 Å². The number of nitrogens with one attached hydrogen (secondary N) is 2. The molecule has 0 bridgehead atoms. The lowest BCUT2D eigenvalue weighted by Crippen LogP contribution is -2.26. The molecule has 0 unspecified atom stereocenters. The largest absolute Gasteiger partial charge is 0.352 e. The van der Waals surface area contributed by atoms with Crippen LogP contribution in [-0.2, 0) is 11.3 Å². The summed E-state index contributed by atoms with van der Waals surface area (Å²) in [6.07, 6.45) is 0.937. The molecule has 1 saturated carbocycles. The van der Waals surface area contributed by atoms with Crippen LogP contribution in [0.4, 0.5) is 0 Å². The molecule has 2 aromatic rings. The average Bonchev–Trinajstić information content (AvgIpc) is 3.32. The number of carbonyl (C=O) groups is 2. The smallest absolute Gasteiger partial charge is 0.251 e. The third-order valence-electron chi connectivity index (χ3n) is 4.14. The first-order valence-electron chi connectivity index (χ1n) is 7.92. The molecule has 3 rings (SSSR count). The van der Waals surface area contributed by atoms with Gasteiger partial charge in [-0.1, -0.05) is 35.9 Å². The molecule has 0 spiro atoms. The number of hydrogen-bond donors (Lipinski definition) is 2. The van der Waals surface area contributed by atoms with E-state index < -0.39 is 0 Å². The molecule has 0 radical (unpaired) electrons. The lowest BCUT2D eigenvalue weighted by molar-refractivity contribution is -0.119. The van der Waals surface area contributed by atoms with Gasteiger partial charge in [-0.15, -0.1) is 0 Å². The van der Waals surface area contributed by atoms with Crippen molar-refractivity contribution in [1.82, 2.24) is 10.6 Å². The molecule has 2 N–H and O–H groups in total. The van der Waals surface area contributed by atoms with Crippen molar-refractivity contribution in [2.75, 3.05) is 0 Å². The Kier molecular flexibility index (Phi) is 4.86. The van der Waals surface area contributed by atoms with Gasteiger partial charge in [-0.3, -0.25) is 9.59 Å². The summed E-state index contributed by atoms with van der Waals surface area (Å²) < 4.78 is 0. The van der Waals surface area contributed by atoms with Crippen molar-refractivity contribution >= 4 is 23.4 Å². The normalized spacial score (nSPS) is 18.8. The summed E-state index contributed by atoms with van der Waals surface area (Å²) in [6, 6.07) is 15.2. The van der Waals surface area contributed by atoms with Crippen LogP contribution < -0.4 is 10.6 Å². The molecule has 2 aromatic carbocycles.